The molecule has 1 heterocycles. The Labute approximate surface area is 117 Å². The Morgan fingerprint density at radius 3 is 2.52 bits per heavy atom. The Morgan fingerprint density at radius 1 is 1.19 bits per heavy atom. The second kappa shape index (κ2) is 5.40. The third-order valence-corrected chi connectivity index (χ3v) is 2.68. The molecular formula is C14H9F4N3. The largest absolute Gasteiger partial charge is 0.433 e. The van der Waals surface area contributed by atoms with E-state index in [2.05, 4.69) is 10.3 Å². The lowest BCUT2D eigenvalue weighted by Gasteiger charge is -2.12. The number of aryl methyl sites for hydroxylation is 1. The van der Waals surface area contributed by atoms with Crippen LogP contribution < -0.4 is 5.32 Å². The molecule has 0 saturated heterocycles. The molecule has 0 fully saturated rings. The number of nitriles is 1. The molecule has 0 amide bonds. The fourth-order valence-corrected chi connectivity index (χ4v) is 1.66. The van der Waals surface area contributed by atoms with Crippen molar-refractivity contribution in [2.75, 3.05) is 5.32 Å². The minimum Gasteiger partial charge on any atom is -0.337 e. The quantitative estimate of drug-likeness (QED) is 0.846. The predicted octanol–water partition coefficient (Wildman–Crippen LogP) is 4.16. The number of benzene rings is 1. The van der Waals surface area contributed by atoms with Crippen molar-refractivity contribution in [1.82, 2.24) is 4.98 Å². The number of aromatic nitrogens is 1. The maximum Gasteiger partial charge on any atom is 0.433 e. The number of alkyl halides is 3. The molecule has 0 saturated carbocycles. The normalized spacial score (nSPS) is 11.0. The Morgan fingerprint density at radius 2 is 1.90 bits per heavy atom. The highest BCUT2D eigenvalue weighted by Crippen LogP contribution is 2.30. The molecule has 0 unspecified atom stereocenters. The summed E-state index contributed by atoms with van der Waals surface area (Å²) in [5.74, 6) is -0.986. The van der Waals surface area contributed by atoms with Crippen molar-refractivity contribution in [3.8, 4) is 6.07 Å². The fraction of sp³-hybridized carbons (Fsp3) is 0.143. The van der Waals surface area contributed by atoms with Gasteiger partial charge in [-0.05, 0) is 36.8 Å². The van der Waals surface area contributed by atoms with Gasteiger partial charge in [0.25, 0.3) is 0 Å². The predicted molar refractivity (Wildman–Crippen MR) is 68.4 cm³/mol. The zero-order valence-electron chi connectivity index (χ0n) is 10.8. The molecule has 108 valence electrons. The van der Waals surface area contributed by atoms with Crippen LogP contribution in [0.4, 0.5) is 29.1 Å². The van der Waals surface area contributed by atoms with E-state index in [1.165, 1.54) is 18.2 Å². The van der Waals surface area contributed by atoms with Gasteiger partial charge in [-0.1, -0.05) is 6.07 Å². The van der Waals surface area contributed by atoms with E-state index in [9.17, 15) is 17.6 Å². The lowest BCUT2D eigenvalue weighted by atomic mass is 10.2. The summed E-state index contributed by atoms with van der Waals surface area (Å²) < 4.78 is 51.5. The molecule has 1 aromatic heterocycles. The SMILES string of the molecule is Cc1ccc(F)c(Nc2nc(C(F)(F)F)ccc2C#N)c1. The van der Waals surface area contributed by atoms with Crippen molar-refractivity contribution in [3.05, 3.63) is 53.0 Å². The van der Waals surface area contributed by atoms with Gasteiger partial charge in [0.1, 0.15) is 23.4 Å². The molecule has 0 radical (unpaired) electrons. The second-order valence-electron chi connectivity index (χ2n) is 4.31. The third kappa shape index (κ3) is 3.28. The first-order chi connectivity index (χ1) is 9.81. The van der Waals surface area contributed by atoms with E-state index in [1.54, 1.807) is 13.0 Å². The molecule has 0 aliphatic carbocycles. The average Bonchev–Trinajstić information content (AvgIpc) is 2.42. The summed E-state index contributed by atoms with van der Waals surface area (Å²) in [7, 11) is 0. The van der Waals surface area contributed by atoms with E-state index in [0.717, 1.165) is 6.07 Å². The summed E-state index contributed by atoms with van der Waals surface area (Å²) in [6.45, 7) is 1.70. The van der Waals surface area contributed by atoms with E-state index in [-0.39, 0.29) is 17.1 Å². The van der Waals surface area contributed by atoms with Crippen LogP contribution in [-0.4, -0.2) is 4.98 Å². The smallest absolute Gasteiger partial charge is 0.337 e. The molecule has 0 aliphatic rings. The van der Waals surface area contributed by atoms with Gasteiger partial charge in [-0.3, -0.25) is 0 Å². The van der Waals surface area contributed by atoms with Crippen molar-refractivity contribution in [2.45, 2.75) is 13.1 Å². The first-order valence-corrected chi connectivity index (χ1v) is 5.83. The van der Waals surface area contributed by atoms with Crippen LogP contribution >= 0.6 is 0 Å². The molecule has 0 atom stereocenters. The van der Waals surface area contributed by atoms with Gasteiger partial charge < -0.3 is 5.32 Å². The maximum absolute atomic E-state index is 13.6. The summed E-state index contributed by atoms with van der Waals surface area (Å²) in [6.07, 6.45) is -4.64. The lowest BCUT2D eigenvalue weighted by Crippen LogP contribution is -2.10. The molecule has 21 heavy (non-hydrogen) atoms. The van der Waals surface area contributed by atoms with Crippen molar-refractivity contribution in [2.24, 2.45) is 0 Å². The van der Waals surface area contributed by atoms with Crippen LogP contribution in [-0.2, 0) is 6.18 Å². The Balaban J connectivity index is 2.47. The summed E-state index contributed by atoms with van der Waals surface area (Å²) in [5, 5.41) is 11.3. The van der Waals surface area contributed by atoms with Crippen molar-refractivity contribution in [1.29, 1.82) is 5.26 Å². The van der Waals surface area contributed by atoms with Crippen LogP contribution in [0.25, 0.3) is 0 Å². The molecular weight excluding hydrogens is 286 g/mol. The molecule has 0 bridgehead atoms. The number of hydrogen-bond donors (Lipinski definition) is 1. The van der Waals surface area contributed by atoms with Gasteiger partial charge in [0.15, 0.2) is 0 Å². The Kier molecular flexibility index (Phi) is 3.80. The first kappa shape index (κ1) is 14.8. The summed E-state index contributed by atoms with van der Waals surface area (Å²) in [5.41, 5.74) is -0.594. The number of nitrogens with zero attached hydrogens (tertiary/aromatic N) is 2. The van der Waals surface area contributed by atoms with Crippen LogP contribution in [0.3, 0.4) is 0 Å². The van der Waals surface area contributed by atoms with Crippen molar-refractivity contribution >= 4 is 11.5 Å². The highest BCUT2D eigenvalue weighted by molar-refractivity contribution is 5.64. The standard InChI is InChI=1S/C14H9F4N3/c1-8-2-4-10(15)11(6-8)20-13-9(7-19)3-5-12(21-13)14(16,17)18/h2-6H,1H3,(H,20,21). The molecule has 7 heteroatoms. The molecule has 0 aliphatic heterocycles. The van der Waals surface area contributed by atoms with E-state index in [1.807, 2.05) is 0 Å². The first-order valence-electron chi connectivity index (χ1n) is 5.83. The lowest BCUT2D eigenvalue weighted by molar-refractivity contribution is -0.141. The number of hydrogen-bond acceptors (Lipinski definition) is 3. The molecule has 1 aromatic carbocycles. The van der Waals surface area contributed by atoms with Crippen molar-refractivity contribution in [3.63, 3.8) is 0 Å². The van der Waals surface area contributed by atoms with Gasteiger partial charge in [-0.2, -0.15) is 18.4 Å². The number of pyridine rings is 1. The van der Waals surface area contributed by atoms with E-state index in [0.29, 0.717) is 11.6 Å². The maximum atomic E-state index is 13.6. The van der Waals surface area contributed by atoms with Crippen molar-refractivity contribution < 1.29 is 17.6 Å². The van der Waals surface area contributed by atoms with E-state index in [4.69, 9.17) is 5.26 Å². The summed E-state index contributed by atoms with van der Waals surface area (Å²) >= 11 is 0. The molecule has 0 spiro atoms. The zero-order chi connectivity index (χ0) is 15.6. The molecule has 1 N–H and O–H groups in total. The minimum absolute atomic E-state index is 0.0432. The van der Waals surface area contributed by atoms with Gasteiger partial charge in [0, 0.05) is 0 Å². The van der Waals surface area contributed by atoms with E-state index >= 15 is 0 Å². The van der Waals surface area contributed by atoms with Gasteiger partial charge >= 0.3 is 6.18 Å². The zero-order valence-corrected chi connectivity index (χ0v) is 10.8. The van der Waals surface area contributed by atoms with Crippen LogP contribution in [0.2, 0.25) is 0 Å². The van der Waals surface area contributed by atoms with Crippen LogP contribution in [0.15, 0.2) is 30.3 Å². The van der Waals surface area contributed by atoms with Crippen LogP contribution in [0.5, 0.6) is 0 Å². The van der Waals surface area contributed by atoms with Gasteiger partial charge in [-0.15, -0.1) is 0 Å². The highest BCUT2D eigenvalue weighted by Gasteiger charge is 2.33. The van der Waals surface area contributed by atoms with Crippen LogP contribution in [0, 0.1) is 24.1 Å². The molecule has 3 nitrogen and oxygen atoms in total. The summed E-state index contributed by atoms with van der Waals surface area (Å²) in [4.78, 5) is 3.36. The fourth-order valence-electron chi connectivity index (χ4n) is 1.66. The van der Waals surface area contributed by atoms with Gasteiger partial charge in [0.2, 0.25) is 0 Å². The monoisotopic (exact) mass is 295 g/mol. The summed E-state index contributed by atoms with van der Waals surface area (Å²) in [6, 6.07) is 7.52. The highest BCUT2D eigenvalue weighted by atomic mass is 19.4. The topological polar surface area (TPSA) is 48.7 Å². The number of halogens is 4. The Bertz CT molecular complexity index is 717. The number of rotatable bonds is 2. The van der Waals surface area contributed by atoms with Gasteiger partial charge in [-0.25, -0.2) is 9.37 Å². The van der Waals surface area contributed by atoms with E-state index < -0.39 is 17.7 Å². The Hall–Kier alpha value is -2.62. The minimum atomic E-state index is -4.64. The third-order valence-electron chi connectivity index (χ3n) is 2.68. The van der Waals surface area contributed by atoms with Gasteiger partial charge in [0.05, 0.1) is 11.3 Å². The van der Waals surface area contributed by atoms with Crippen LogP contribution in [0.1, 0.15) is 16.8 Å². The molecule has 2 aromatic rings. The average molecular weight is 295 g/mol. The molecule has 2 rings (SSSR count). The second-order valence-corrected chi connectivity index (χ2v) is 4.31. The number of anilines is 2. The number of nitrogens with one attached hydrogen (secondary N) is 1.